The molecule has 11 heavy (non-hydrogen) atoms. The molecule has 1 atom stereocenters. The number of hydrogen-bond donors (Lipinski definition) is 0. The van der Waals surface area contributed by atoms with Gasteiger partial charge in [-0.15, -0.1) is 9.24 Å². The van der Waals surface area contributed by atoms with Gasteiger partial charge in [-0.2, -0.15) is 0 Å². The molecule has 1 aromatic carbocycles. The van der Waals surface area contributed by atoms with Crippen LogP contribution in [0.2, 0.25) is 5.02 Å². The van der Waals surface area contributed by atoms with Gasteiger partial charge in [-0.25, -0.2) is 0 Å². The molecule has 0 heterocycles. The van der Waals surface area contributed by atoms with Crippen LogP contribution in [0.25, 0.3) is 0 Å². The number of hydrogen-bond acceptors (Lipinski definition) is 0. The Balaban J connectivity index is 2.86. The fraction of sp³-hybridized carbons (Fsp3) is 0.333. The monoisotopic (exact) mass is 186 g/mol. The summed E-state index contributed by atoms with van der Waals surface area (Å²) < 4.78 is 0. The molecule has 0 aliphatic carbocycles. The first-order valence-corrected chi connectivity index (χ1v) is 4.73. The third-order valence-electron chi connectivity index (χ3n) is 1.60. The molecule has 0 N–H and O–H groups in total. The third-order valence-corrected chi connectivity index (χ3v) is 2.60. The first-order chi connectivity index (χ1) is 5.24. The van der Waals surface area contributed by atoms with E-state index in [-0.39, 0.29) is 0 Å². The van der Waals surface area contributed by atoms with E-state index in [9.17, 15) is 0 Å². The van der Waals surface area contributed by atoms with E-state index in [4.69, 9.17) is 11.6 Å². The van der Waals surface area contributed by atoms with E-state index in [1.54, 1.807) is 0 Å². The summed E-state index contributed by atoms with van der Waals surface area (Å²) in [4.78, 5) is 0. The zero-order valence-electron chi connectivity index (χ0n) is 6.60. The van der Waals surface area contributed by atoms with E-state index in [1.807, 2.05) is 6.07 Å². The van der Waals surface area contributed by atoms with Gasteiger partial charge >= 0.3 is 0 Å². The highest BCUT2D eigenvalue weighted by molar-refractivity contribution is 7.28. The maximum Gasteiger partial charge on any atom is 0.0477 e. The Morgan fingerprint density at radius 3 is 2.73 bits per heavy atom. The molecule has 0 spiro atoms. The Bertz CT molecular complexity index is 245. The Labute approximate surface area is 75.2 Å². The Kier molecular flexibility index (Phi) is 3.36. The summed E-state index contributed by atoms with van der Waals surface area (Å²) in [7, 11) is 2.64. The maximum absolute atomic E-state index is 5.86. The highest BCUT2D eigenvalue weighted by Gasteiger charge is 1.95. The minimum atomic E-state index is 0.829. The van der Waals surface area contributed by atoms with Crippen molar-refractivity contribution in [1.29, 1.82) is 0 Å². The van der Waals surface area contributed by atoms with Crippen LogP contribution in [0.4, 0.5) is 0 Å². The lowest BCUT2D eigenvalue weighted by atomic mass is 10.1. The van der Waals surface area contributed by atoms with E-state index >= 15 is 0 Å². The van der Waals surface area contributed by atoms with Gasteiger partial charge in [0.2, 0.25) is 0 Å². The second-order valence-corrected chi connectivity index (χ2v) is 3.64. The average Bonchev–Trinajstić information content (AvgIpc) is 1.98. The molecule has 2 heteroatoms. The van der Waals surface area contributed by atoms with Crippen LogP contribution in [0.5, 0.6) is 0 Å². The molecule has 1 unspecified atom stereocenters. The molecule has 0 radical (unpaired) electrons. The summed E-state index contributed by atoms with van der Waals surface area (Å²) >= 11 is 5.86. The maximum atomic E-state index is 5.86. The fourth-order valence-corrected chi connectivity index (χ4v) is 1.47. The van der Waals surface area contributed by atoms with Crippen molar-refractivity contribution < 1.29 is 0 Å². The molecule has 1 rings (SSSR count). The molecule has 0 aromatic heterocycles. The Hall–Kier alpha value is -0.0600. The lowest BCUT2D eigenvalue weighted by molar-refractivity contribution is 0.923. The van der Waals surface area contributed by atoms with Gasteiger partial charge in [0.25, 0.3) is 0 Å². The molecule has 0 nitrogen and oxygen atoms in total. The highest BCUT2D eigenvalue weighted by Crippen LogP contribution is 2.11. The molecule has 0 saturated heterocycles. The molecule has 0 aliphatic rings. The van der Waals surface area contributed by atoms with E-state index < -0.39 is 0 Å². The molecular formula is C9H12ClP. The largest absolute Gasteiger partial charge is 0.104 e. The van der Waals surface area contributed by atoms with E-state index in [0.717, 1.165) is 16.7 Å². The van der Waals surface area contributed by atoms with Crippen LogP contribution < -0.4 is 5.30 Å². The molecular weight excluding hydrogens is 175 g/mol. The lowest BCUT2D eigenvalue weighted by Gasteiger charge is -2.01. The van der Waals surface area contributed by atoms with E-state index in [0.29, 0.717) is 0 Å². The van der Waals surface area contributed by atoms with Crippen molar-refractivity contribution in [2.45, 2.75) is 19.8 Å². The number of aryl methyl sites for hydroxylation is 1. The smallest absolute Gasteiger partial charge is 0.0477 e. The van der Waals surface area contributed by atoms with Gasteiger partial charge in [0.1, 0.15) is 0 Å². The average molecular weight is 187 g/mol. The van der Waals surface area contributed by atoms with Crippen molar-refractivity contribution in [3.8, 4) is 0 Å². The van der Waals surface area contributed by atoms with Crippen LogP contribution in [0.3, 0.4) is 0 Å². The summed E-state index contributed by atoms with van der Waals surface area (Å²) in [6, 6.07) is 6.16. The van der Waals surface area contributed by atoms with Crippen molar-refractivity contribution in [3.63, 3.8) is 0 Å². The zero-order valence-corrected chi connectivity index (χ0v) is 8.51. The molecule has 0 saturated carbocycles. The topological polar surface area (TPSA) is 0 Å². The first-order valence-electron chi connectivity index (χ1n) is 3.78. The molecule has 0 amide bonds. The second-order valence-electron chi connectivity index (χ2n) is 2.61. The van der Waals surface area contributed by atoms with E-state index in [2.05, 4.69) is 28.3 Å². The van der Waals surface area contributed by atoms with Crippen LogP contribution in [0, 0.1) is 0 Å². The van der Waals surface area contributed by atoms with Gasteiger partial charge < -0.3 is 0 Å². The highest BCUT2D eigenvalue weighted by atomic mass is 35.5. The Morgan fingerprint density at radius 1 is 1.45 bits per heavy atom. The fourth-order valence-electron chi connectivity index (χ4n) is 1.04. The summed E-state index contributed by atoms with van der Waals surface area (Å²) in [6.07, 6.45) is 2.32. The van der Waals surface area contributed by atoms with Gasteiger partial charge in [-0.1, -0.05) is 37.1 Å². The summed E-state index contributed by atoms with van der Waals surface area (Å²) in [5.41, 5.74) is 1.36. The van der Waals surface area contributed by atoms with Gasteiger partial charge in [0, 0.05) is 5.02 Å². The molecule has 0 bridgehead atoms. The predicted octanol–water partition coefficient (Wildman–Crippen LogP) is 2.79. The standard InChI is InChI=1S/C9H12ClP/c1-2-3-7-4-5-8(10)9(11)6-7/h4-6H,2-3,11H2,1H3. The lowest BCUT2D eigenvalue weighted by Crippen LogP contribution is -1.95. The molecule has 0 aliphatic heterocycles. The summed E-state index contributed by atoms with van der Waals surface area (Å²) in [5, 5.41) is 1.92. The van der Waals surface area contributed by atoms with Crippen molar-refractivity contribution >= 4 is 26.1 Å². The van der Waals surface area contributed by atoms with Gasteiger partial charge in [0.05, 0.1) is 0 Å². The summed E-state index contributed by atoms with van der Waals surface area (Å²) in [5.74, 6) is 0. The van der Waals surface area contributed by atoms with Crippen molar-refractivity contribution in [2.24, 2.45) is 0 Å². The second kappa shape index (κ2) is 4.09. The van der Waals surface area contributed by atoms with Crippen molar-refractivity contribution in [2.75, 3.05) is 0 Å². The van der Waals surface area contributed by atoms with Crippen LogP contribution in [0.15, 0.2) is 18.2 Å². The first kappa shape index (κ1) is 9.03. The minimum absolute atomic E-state index is 0.829. The predicted molar refractivity (Wildman–Crippen MR) is 54.8 cm³/mol. The molecule has 1 aromatic rings. The van der Waals surface area contributed by atoms with Crippen LogP contribution >= 0.6 is 20.8 Å². The van der Waals surface area contributed by atoms with Crippen LogP contribution in [-0.4, -0.2) is 0 Å². The zero-order chi connectivity index (χ0) is 8.27. The van der Waals surface area contributed by atoms with Crippen LogP contribution in [-0.2, 0) is 6.42 Å². The van der Waals surface area contributed by atoms with Crippen LogP contribution in [0.1, 0.15) is 18.9 Å². The number of benzene rings is 1. The minimum Gasteiger partial charge on any atom is -0.104 e. The van der Waals surface area contributed by atoms with Crippen molar-refractivity contribution in [3.05, 3.63) is 28.8 Å². The molecule has 0 fully saturated rings. The van der Waals surface area contributed by atoms with E-state index in [1.165, 1.54) is 12.0 Å². The summed E-state index contributed by atoms with van der Waals surface area (Å²) in [6.45, 7) is 2.18. The normalized spacial score (nSPS) is 10.1. The van der Waals surface area contributed by atoms with Gasteiger partial charge in [-0.3, -0.25) is 0 Å². The SMILES string of the molecule is CCCc1ccc(Cl)c(P)c1. The van der Waals surface area contributed by atoms with Gasteiger partial charge in [0.15, 0.2) is 0 Å². The quantitative estimate of drug-likeness (QED) is 0.623. The molecule has 60 valence electrons. The number of rotatable bonds is 2. The Morgan fingerprint density at radius 2 is 2.18 bits per heavy atom. The number of halogens is 1. The van der Waals surface area contributed by atoms with Gasteiger partial charge in [-0.05, 0) is 23.4 Å². The van der Waals surface area contributed by atoms with Crippen molar-refractivity contribution in [1.82, 2.24) is 0 Å². The third kappa shape index (κ3) is 2.47.